The average Bonchev–Trinajstić information content (AvgIpc) is 2.67. The quantitative estimate of drug-likeness (QED) is 0.704. The van der Waals surface area contributed by atoms with Crippen molar-refractivity contribution in [3.8, 4) is 5.75 Å². The van der Waals surface area contributed by atoms with Gasteiger partial charge in [-0.15, -0.1) is 0 Å². The topological polar surface area (TPSA) is 75.7 Å². The molecular formula is C20H24N2O4S. The second kappa shape index (κ2) is 9.34. The fourth-order valence-electron chi connectivity index (χ4n) is 2.52. The van der Waals surface area contributed by atoms with Crippen LogP contribution in [-0.4, -0.2) is 38.8 Å². The molecule has 0 fully saturated rings. The van der Waals surface area contributed by atoms with E-state index in [1.54, 1.807) is 75.6 Å². The molecule has 27 heavy (non-hydrogen) atoms. The molecule has 0 atom stereocenters. The number of nitrogens with zero attached hydrogens (tertiary/aromatic N) is 1. The highest BCUT2D eigenvalue weighted by atomic mass is 32.2. The first-order valence-electron chi connectivity index (χ1n) is 8.64. The minimum atomic E-state index is -3.48. The van der Waals surface area contributed by atoms with Crippen molar-refractivity contribution in [1.82, 2.24) is 4.31 Å². The molecule has 2 rings (SSSR count). The van der Waals surface area contributed by atoms with Crippen LogP contribution in [0.5, 0.6) is 5.75 Å². The maximum absolute atomic E-state index is 12.5. The minimum Gasteiger partial charge on any atom is -0.497 e. The van der Waals surface area contributed by atoms with Gasteiger partial charge >= 0.3 is 0 Å². The first kappa shape index (κ1) is 20.7. The molecule has 144 valence electrons. The SMILES string of the molecule is CCN(CC)S(=O)(=O)c1ccc(C=CC(=O)Nc2cccc(OC)c2)cc1. The van der Waals surface area contributed by atoms with E-state index in [0.29, 0.717) is 24.5 Å². The van der Waals surface area contributed by atoms with Crippen LogP contribution in [0, 0.1) is 0 Å². The van der Waals surface area contributed by atoms with Crippen LogP contribution in [0.4, 0.5) is 5.69 Å². The molecule has 0 radical (unpaired) electrons. The van der Waals surface area contributed by atoms with Crippen molar-refractivity contribution in [2.45, 2.75) is 18.7 Å². The summed E-state index contributed by atoms with van der Waals surface area (Å²) in [6.45, 7) is 4.45. The predicted octanol–water partition coefficient (Wildman–Crippen LogP) is 3.38. The van der Waals surface area contributed by atoms with E-state index in [1.165, 1.54) is 10.4 Å². The molecule has 1 amide bonds. The van der Waals surface area contributed by atoms with E-state index < -0.39 is 10.0 Å². The van der Waals surface area contributed by atoms with Crippen molar-refractivity contribution >= 4 is 27.7 Å². The number of rotatable bonds is 8. The minimum absolute atomic E-state index is 0.240. The van der Waals surface area contributed by atoms with E-state index >= 15 is 0 Å². The van der Waals surface area contributed by atoms with Gasteiger partial charge in [-0.25, -0.2) is 8.42 Å². The molecular weight excluding hydrogens is 364 g/mol. The molecule has 7 heteroatoms. The van der Waals surface area contributed by atoms with E-state index in [9.17, 15) is 13.2 Å². The predicted molar refractivity (Wildman–Crippen MR) is 107 cm³/mol. The van der Waals surface area contributed by atoms with Gasteiger partial charge in [0.1, 0.15) is 5.75 Å². The van der Waals surface area contributed by atoms with Crippen molar-refractivity contribution in [1.29, 1.82) is 0 Å². The Balaban J connectivity index is 2.06. The molecule has 0 saturated carbocycles. The lowest BCUT2D eigenvalue weighted by Gasteiger charge is -2.18. The number of ether oxygens (including phenoxy) is 1. The van der Waals surface area contributed by atoms with Gasteiger partial charge < -0.3 is 10.1 Å². The Morgan fingerprint density at radius 2 is 1.78 bits per heavy atom. The van der Waals surface area contributed by atoms with Gasteiger partial charge in [0.25, 0.3) is 0 Å². The number of benzene rings is 2. The van der Waals surface area contributed by atoms with E-state index in [2.05, 4.69) is 5.32 Å². The van der Waals surface area contributed by atoms with Crippen molar-refractivity contribution < 1.29 is 17.9 Å². The summed E-state index contributed by atoms with van der Waals surface area (Å²) in [5, 5.41) is 2.74. The normalized spacial score (nSPS) is 11.7. The number of nitrogens with one attached hydrogen (secondary N) is 1. The zero-order valence-corrected chi connectivity index (χ0v) is 16.5. The standard InChI is InChI=1S/C20H24N2O4S/c1-4-22(5-2)27(24,25)19-12-9-16(10-13-19)11-14-20(23)21-17-7-6-8-18(15-17)26-3/h6-15H,4-5H2,1-3H3,(H,21,23). The Hall–Kier alpha value is -2.64. The molecule has 0 aliphatic carbocycles. The van der Waals surface area contributed by atoms with Crippen LogP contribution in [0.25, 0.3) is 6.08 Å². The number of carbonyl (C=O) groups is 1. The third kappa shape index (κ3) is 5.42. The van der Waals surface area contributed by atoms with Crippen LogP contribution in [0.1, 0.15) is 19.4 Å². The summed E-state index contributed by atoms with van der Waals surface area (Å²) in [4.78, 5) is 12.3. The maximum Gasteiger partial charge on any atom is 0.248 e. The molecule has 0 spiro atoms. The van der Waals surface area contributed by atoms with E-state index in [1.807, 2.05) is 0 Å². The summed E-state index contributed by atoms with van der Waals surface area (Å²) >= 11 is 0. The van der Waals surface area contributed by atoms with Crippen LogP contribution in [0.15, 0.2) is 59.5 Å². The molecule has 2 aromatic carbocycles. The first-order valence-corrected chi connectivity index (χ1v) is 10.1. The fourth-order valence-corrected chi connectivity index (χ4v) is 3.98. The monoisotopic (exact) mass is 388 g/mol. The van der Waals surface area contributed by atoms with Gasteiger partial charge in [-0.2, -0.15) is 4.31 Å². The first-order chi connectivity index (χ1) is 12.9. The molecule has 0 saturated heterocycles. The summed E-state index contributed by atoms with van der Waals surface area (Å²) in [6.07, 6.45) is 3.02. The van der Waals surface area contributed by atoms with E-state index in [-0.39, 0.29) is 10.8 Å². The Morgan fingerprint density at radius 1 is 1.11 bits per heavy atom. The smallest absolute Gasteiger partial charge is 0.248 e. The van der Waals surface area contributed by atoms with Crippen LogP contribution in [0.2, 0.25) is 0 Å². The van der Waals surface area contributed by atoms with Gasteiger partial charge in [0.2, 0.25) is 15.9 Å². The summed E-state index contributed by atoms with van der Waals surface area (Å²) in [5.74, 6) is 0.366. The number of sulfonamides is 1. The highest BCUT2D eigenvalue weighted by Crippen LogP contribution is 2.18. The molecule has 1 N–H and O–H groups in total. The third-order valence-electron chi connectivity index (χ3n) is 3.99. The highest BCUT2D eigenvalue weighted by Gasteiger charge is 2.20. The number of hydrogen-bond donors (Lipinski definition) is 1. The second-order valence-electron chi connectivity index (χ2n) is 5.71. The van der Waals surface area contributed by atoms with Crippen molar-refractivity contribution in [3.63, 3.8) is 0 Å². The molecule has 0 aliphatic heterocycles. The molecule has 6 nitrogen and oxygen atoms in total. The van der Waals surface area contributed by atoms with Crippen LogP contribution in [0.3, 0.4) is 0 Å². The summed E-state index contributed by atoms with van der Waals surface area (Å²) in [5.41, 5.74) is 1.36. The molecule has 0 heterocycles. The zero-order valence-electron chi connectivity index (χ0n) is 15.7. The third-order valence-corrected chi connectivity index (χ3v) is 6.05. The van der Waals surface area contributed by atoms with Gasteiger partial charge in [0.15, 0.2) is 0 Å². The fraction of sp³-hybridized carbons (Fsp3) is 0.250. The molecule has 0 aliphatic rings. The van der Waals surface area contributed by atoms with E-state index in [4.69, 9.17) is 4.74 Å². The summed E-state index contributed by atoms with van der Waals surface area (Å²) in [7, 11) is -1.92. The number of anilines is 1. The average molecular weight is 388 g/mol. The molecule has 0 unspecified atom stereocenters. The lowest BCUT2D eigenvalue weighted by molar-refractivity contribution is -0.111. The van der Waals surface area contributed by atoms with Gasteiger partial charge in [0.05, 0.1) is 12.0 Å². The van der Waals surface area contributed by atoms with Crippen molar-refractivity contribution in [3.05, 3.63) is 60.2 Å². The number of amides is 1. The Morgan fingerprint density at radius 3 is 2.37 bits per heavy atom. The van der Waals surface area contributed by atoms with Crippen molar-refractivity contribution in [2.75, 3.05) is 25.5 Å². The molecule has 2 aromatic rings. The second-order valence-corrected chi connectivity index (χ2v) is 7.65. The van der Waals surface area contributed by atoms with Crippen LogP contribution < -0.4 is 10.1 Å². The Labute approximate surface area is 160 Å². The lowest BCUT2D eigenvalue weighted by Crippen LogP contribution is -2.30. The van der Waals surface area contributed by atoms with Crippen molar-refractivity contribution in [2.24, 2.45) is 0 Å². The van der Waals surface area contributed by atoms with Gasteiger partial charge in [-0.05, 0) is 35.9 Å². The number of carbonyl (C=O) groups excluding carboxylic acids is 1. The Kier molecular flexibility index (Phi) is 7.15. The van der Waals surface area contributed by atoms with Gasteiger partial charge in [0, 0.05) is 30.9 Å². The van der Waals surface area contributed by atoms with Gasteiger partial charge in [-0.1, -0.05) is 32.0 Å². The number of hydrogen-bond acceptors (Lipinski definition) is 4. The lowest BCUT2D eigenvalue weighted by atomic mass is 10.2. The van der Waals surface area contributed by atoms with Gasteiger partial charge in [-0.3, -0.25) is 4.79 Å². The van der Waals surface area contributed by atoms with Crippen LogP contribution in [-0.2, 0) is 14.8 Å². The molecule has 0 aromatic heterocycles. The number of methoxy groups -OCH3 is 1. The van der Waals surface area contributed by atoms with E-state index in [0.717, 1.165) is 5.56 Å². The highest BCUT2D eigenvalue weighted by molar-refractivity contribution is 7.89. The largest absolute Gasteiger partial charge is 0.497 e. The maximum atomic E-state index is 12.5. The summed E-state index contributed by atoms with van der Waals surface area (Å²) < 4.78 is 31.4. The summed E-state index contributed by atoms with van der Waals surface area (Å²) in [6, 6.07) is 13.5. The Bertz CT molecular complexity index is 902. The molecule has 0 bridgehead atoms. The van der Waals surface area contributed by atoms with Crippen LogP contribution >= 0.6 is 0 Å². The zero-order chi connectivity index (χ0) is 19.9.